The fourth-order valence-corrected chi connectivity index (χ4v) is 3.99. The lowest BCUT2D eigenvalue weighted by molar-refractivity contribution is 0.0937. The Bertz CT molecular complexity index is 1520. The van der Waals surface area contributed by atoms with Crippen molar-refractivity contribution in [3.05, 3.63) is 119 Å². The Labute approximate surface area is 246 Å². The van der Waals surface area contributed by atoms with Gasteiger partial charge in [-0.3, -0.25) is 31.3 Å². The third kappa shape index (κ3) is 8.14. The summed E-state index contributed by atoms with van der Waals surface area (Å²) in [5.41, 5.74) is 13.4. The molecule has 12 heteroatoms. The van der Waals surface area contributed by atoms with E-state index >= 15 is 0 Å². The van der Waals surface area contributed by atoms with Gasteiger partial charge < -0.3 is 16.0 Å². The minimum atomic E-state index is -0.475. The molecule has 0 saturated carbocycles. The second kappa shape index (κ2) is 13.9. The van der Waals surface area contributed by atoms with Crippen molar-refractivity contribution in [1.82, 2.24) is 21.7 Å². The Morgan fingerprint density at radius 3 is 1.57 bits per heavy atom. The van der Waals surface area contributed by atoms with Crippen molar-refractivity contribution < 1.29 is 9.59 Å². The van der Waals surface area contributed by atoms with Crippen molar-refractivity contribution in [3.8, 4) is 0 Å². The van der Waals surface area contributed by atoms with E-state index in [1.807, 2.05) is 60.7 Å². The maximum absolute atomic E-state index is 13.0. The van der Waals surface area contributed by atoms with Crippen LogP contribution in [-0.2, 0) is 0 Å². The van der Waals surface area contributed by atoms with Crippen molar-refractivity contribution in [2.45, 2.75) is 0 Å². The monoisotopic (exact) mass is 589 g/mol. The molecule has 2 amide bonds. The molecule has 4 aromatic rings. The largest absolute Gasteiger partial charge is 0.354 e. The lowest BCUT2D eigenvalue weighted by Gasteiger charge is -2.17. The fraction of sp³-hybridized carbons (Fsp3) is 0. The van der Waals surface area contributed by atoms with Gasteiger partial charge in [-0.05, 0) is 79.0 Å². The smallest absolute Gasteiger partial charge is 0.271 e. The molecule has 0 spiro atoms. The Balaban J connectivity index is 1.41. The molecule has 0 atom stereocenters. The number of carbonyl (C=O) groups is 2. The third-order valence-corrected chi connectivity index (χ3v) is 5.95. The molecule has 0 aliphatic carbocycles. The highest BCUT2D eigenvalue weighted by molar-refractivity contribution is 7.80. The summed E-state index contributed by atoms with van der Waals surface area (Å²) in [4.78, 5) is 26.0. The van der Waals surface area contributed by atoms with Gasteiger partial charge in [0.05, 0.1) is 22.5 Å². The maximum Gasteiger partial charge on any atom is 0.271 e. The number of rotatable bonds is 6. The van der Waals surface area contributed by atoms with Gasteiger partial charge >= 0.3 is 0 Å². The van der Waals surface area contributed by atoms with Crippen molar-refractivity contribution in [1.29, 1.82) is 0 Å². The Kier molecular flexibility index (Phi) is 9.83. The first kappa shape index (κ1) is 28.3. The third-order valence-electron chi connectivity index (χ3n) is 5.31. The van der Waals surface area contributed by atoms with Crippen LogP contribution >= 0.6 is 36.0 Å². The molecule has 0 bridgehead atoms. The van der Waals surface area contributed by atoms with Crippen LogP contribution in [0.15, 0.2) is 103 Å². The van der Waals surface area contributed by atoms with E-state index in [9.17, 15) is 9.59 Å². The fourth-order valence-electron chi connectivity index (χ4n) is 3.48. The standard InChI is InChI=1S/C28H24ClN7O2S2/c29-18-15-16-22(26(38)34-36-28(40)31-20-11-5-2-6-12-20)24(17-18)32-23-14-8-7-13-21(23)25(37)33-35-27(39)30-19-9-3-1-4-10-19/h1-17,32H,(H,33,37)(H,34,38)(H2,30,35,39)(H2,31,36,40). The summed E-state index contributed by atoms with van der Waals surface area (Å²) in [5.74, 6) is -0.926. The molecule has 0 aliphatic rings. The summed E-state index contributed by atoms with van der Waals surface area (Å²) in [6.07, 6.45) is 0. The molecule has 0 fully saturated rings. The first-order chi connectivity index (χ1) is 19.4. The molecule has 7 N–H and O–H groups in total. The predicted octanol–water partition coefficient (Wildman–Crippen LogP) is 5.35. The van der Waals surface area contributed by atoms with E-state index in [4.69, 9.17) is 36.0 Å². The van der Waals surface area contributed by atoms with E-state index in [-0.39, 0.29) is 15.8 Å². The van der Waals surface area contributed by atoms with Crippen LogP contribution in [0.1, 0.15) is 20.7 Å². The maximum atomic E-state index is 13.0. The summed E-state index contributed by atoms with van der Waals surface area (Å²) < 4.78 is 0. The van der Waals surface area contributed by atoms with Gasteiger partial charge in [0.2, 0.25) is 0 Å². The Hall–Kier alpha value is -4.71. The molecular formula is C28H24ClN7O2S2. The molecule has 0 unspecified atom stereocenters. The number of carbonyl (C=O) groups excluding carboxylic acids is 2. The van der Waals surface area contributed by atoms with Crippen LogP contribution in [0, 0.1) is 0 Å². The summed E-state index contributed by atoms with van der Waals surface area (Å²) in [6, 6.07) is 30.1. The van der Waals surface area contributed by atoms with Crippen LogP contribution in [0.5, 0.6) is 0 Å². The number of para-hydroxylation sites is 3. The molecule has 9 nitrogen and oxygen atoms in total. The number of halogens is 1. The minimum Gasteiger partial charge on any atom is -0.354 e. The summed E-state index contributed by atoms with van der Waals surface area (Å²) in [7, 11) is 0. The van der Waals surface area contributed by atoms with E-state index in [1.54, 1.807) is 42.5 Å². The van der Waals surface area contributed by atoms with Crippen molar-refractivity contribution in [2.75, 3.05) is 16.0 Å². The van der Waals surface area contributed by atoms with Crippen molar-refractivity contribution in [2.24, 2.45) is 0 Å². The lowest BCUT2D eigenvalue weighted by atomic mass is 10.1. The number of anilines is 4. The van der Waals surface area contributed by atoms with E-state index < -0.39 is 11.8 Å². The zero-order chi connectivity index (χ0) is 28.3. The first-order valence-corrected chi connectivity index (χ1v) is 13.1. The van der Waals surface area contributed by atoms with E-state index in [2.05, 4.69) is 37.7 Å². The van der Waals surface area contributed by atoms with Gasteiger partial charge in [0, 0.05) is 16.4 Å². The van der Waals surface area contributed by atoms with Crippen LogP contribution in [0.2, 0.25) is 5.02 Å². The van der Waals surface area contributed by atoms with Crippen LogP contribution in [0.3, 0.4) is 0 Å². The van der Waals surface area contributed by atoms with Gasteiger partial charge in [0.25, 0.3) is 11.8 Å². The van der Waals surface area contributed by atoms with E-state index in [0.717, 1.165) is 11.4 Å². The molecule has 0 aliphatic heterocycles. The number of hydrogen-bond acceptors (Lipinski definition) is 5. The number of benzene rings is 4. The second-order valence-corrected chi connectivity index (χ2v) is 9.41. The van der Waals surface area contributed by atoms with E-state index in [0.29, 0.717) is 22.0 Å². The highest BCUT2D eigenvalue weighted by atomic mass is 35.5. The van der Waals surface area contributed by atoms with Crippen LogP contribution < -0.4 is 37.7 Å². The average Bonchev–Trinajstić information content (AvgIpc) is 2.96. The first-order valence-electron chi connectivity index (χ1n) is 11.9. The quantitative estimate of drug-likeness (QED) is 0.118. The van der Waals surface area contributed by atoms with E-state index in [1.165, 1.54) is 0 Å². The zero-order valence-electron chi connectivity index (χ0n) is 20.8. The summed E-state index contributed by atoms with van der Waals surface area (Å²) >= 11 is 16.7. The van der Waals surface area contributed by atoms with Gasteiger partial charge in [-0.2, -0.15) is 0 Å². The zero-order valence-corrected chi connectivity index (χ0v) is 23.2. The topological polar surface area (TPSA) is 118 Å². The number of nitrogens with one attached hydrogen (secondary N) is 7. The summed E-state index contributed by atoms with van der Waals surface area (Å²) in [5, 5.41) is 9.90. The highest BCUT2D eigenvalue weighted by Crippen LogP contribution is 2.27. The molecular weight excluding hydrogens is 566 g/mol. The number of thiocarbonyl (C=S) groups is 2. The number of hydrazine groups is 2. The van der Waals surface area contributed by atoms with Crippen LogP contribution in [-0.4, -0.2) is 22.0 Å². The SMILES string of the molecule is O=C(NNC(=S)Nc1ccccc1)c1ccccc1Nc1cc(Cl)ccc1C(=O)NNC(=S)Nc1ccccc1. The van der Waals surface area contributed by atoms with Crippen molar-refractivity contribution in [3.63, 3.8) is 0 Å². The minimum absolute atomic E-state index is 0.206. The summed E-state index contributed by atoms with van der Waals surface area (Å²) in [6.45, 7) is 0. The van der Waals surface area contributed by atoms with Gasteiger partial charge in [-0.15, -0.1) is 0 Å². The van der Waals surface area contributed by atoms with Gasteiger partial charge in [-0.1, -0.05) is 60.1 Å². The molecule has 4 aromatic carbocycles. The van der Waals surface area contributed by atoms with Gasteiger partial charge in [-0.25, -0.2) is 0 Å². The Morgan fingerprint density at radius 1 is 0.550 bits per heavy atom. The molecule has 0 radical (unpaired) electrons. The number of hydrogen-bond donors (Lipinski definition) is 7. The van der Waals surface area contributed by atoms with Crippen LogP contribution in [0.4, 0.5) is 22.7 Å². The van der Waals surface area contributed by atoms with Crippen molar-refractivity contribution >= 4 is 80.8 Å². The molecule has 202 valence electrons. The lowest BCUT2D eigenvalue weighted by Crippen LogP contribution is -2.44. The van der Waals surface area contributed by atoms with Crippen LogP contribution in [0.25, 0.3) is 0 Å². The normalized spacial score (nSPS) is 10.0. The molecule has 40 heavy (non-hydrogen) atoms. The predicted molar refractivity (Wildman–Crippen MR) is 168 cm³/mol. The van der Waals surface area contributed by atoms with Gasteiger partial charge in [0.15, 0.2) is 10.2 Å². The second-order valence-electron chi connectivity index (χ2n) is 8.16. The molecule has 0 aromatic heterocycles. The molecule has 4 rings (SSSR count). The van der Waals surface area contributed by atoms with Gasteiger partial charge in [0.1, 0.15) is 0 Å². The average molecular weight is 590 g/mol. The number of amides is 2. The molecule has 0 heterocycles. The highest BCUT2D eigenvalue weighted by Gasteiger charge is 2.16. The molecule has 0 saturated heterocycles. The Morgan fingerprint density at radius 2 is 1.02 bits per heavy atom.